The fraction of sp³-hybridized carbons (Fsp3) is 0.647. The largest absolute Gasteiger partial charge is 0.336 e. The summed E-state index contributed by atoms with van der Waals surface area (Å²) in [5.41, 5.74) is 1.24. The van der Waals surface area contributed by atoms with Gasteiger partial charge in [0.2, 0.25) is 5.91 Å². The lowest BCUT2D eigenvalue weighted by molar-refractivity contribution is -0.131. The Bertz CT molecular complexity index is 479. The molecule has 1 amide bonds. The van der Waals surface area contributed by atoms with E-state index in [1.54, 1.807) is 11.8 Å². The fourth-order valence-electron chi connectivity index (χ4n) is 3.95. The van der Waals surface area contributed by atoms with E-state index in [0.717, 1.165) is 11.7 Å². The van der Waals surface area contributed by atoms with Crippen LogP contribution in [0.4, 0.5) is 0 Å². The molecule has 1 aromatic heterocycles. The number of nitrogens with zero attached hydrogens (tertiary/aromatic N) is 2. The van der Waals surface area contributed by atoms with Crippen molar-refractivity contribution in [3.63, 3.8) is 0 Å². The first-order chi connectivity index (χ1) is 10.3. The molecule has 0 unspecified atom stereocenters. The Morgan fingerprint density at radius 3 is 2.90 bits per heavy atom. The van der Waals surface area contributed by atoms with Crippen LogP contribution in [0, 0.1) is 5.92 Å². The monoisotopic (exact) mass is 304 g/mol. The van der Waals surface area contributed by atoms with E-state index in [9.17, 15) is 4.79 Å². The molecule has 0 aromatic carbocycles. The van der Waals surface area contributed by atoms with Crippen LogP contribution in [-0.2, 0) is 10.5 Å². The molecular formula is C17H24N2OS. The van der Waals surface area contributed by atoms with E-state index in [2.05, 4.69) is 16.8 Å². The average Bonchev–Trinajstić information content (AvgIpc) is 2.84. The van der Waals surface area contributed by atoms with Crippen LogP contribution >= 0.6 is 11.8 Å². The molecule has 1 saturated heterocycles. The Morgan fingerprint density at radius 1 is 1.33 bits per heavy atom. The van der Waals surface area contributed by atoms with Gasteiger partial charge in [0.05, 0.1) is 5.75 Å². The van der Waals surface area contributed by atoms with E-state index in [0.29, 0.717) is 23.7 Å². The van der Waals surface area contributed by atoms with Gasteiger partial charge in [-0.05, 0) is 49.8 Å². The number of carbonyl (C=O) groups excluding carboxylic acids is 1. The summed E-state index contributed by atoms with van der Waals surface area (Å²) in [5.74, 6) is 2.61. The van der Waals surface area contributed by atoms with Crippen LogP contribution in [0.25, 0.3) is 0 Å². The first kappa shape index (κ1) is 14.9. The number of carbonyl (C=O) groups is 1. The van der Waals surface area contributed by atoms with Gasteiger partial charge in [0.1, 0.15) is 0 Å². The zero-order valence-electron chi connectivity index (χ0n) is 12.7. The zero-order valence-corrected chi connectivity index (χ0v) is 13.5. The second-order valence-electron chi connectivity index (χ2n) is 6.35. The van der Waals surface area contributed by atoms with Crippen molar-refractivity contribution in [2.24, 2.45) is 5.92 Å². The molecule has 0 radical (unpaired) electrons. The summed E-state index contributed by atoms with van der Waals surface area (Å²) in [6.45, 7) is 2.23. The quantitative estimate of drug-likeness (QED) is 0.853. The molecule has 2 aliphatic rings. The van der Waals surface area contributed by atoms with E-state index < -0.39 is 0 Å². The number of likely N-dealkylation sites (tertiary alicyclic amines) is 1. The van der Waals surface area contributed by atoms with Gasteiger partial charge in [-0.1, -0.05) is 12.8 Å². The van der Waals surface area contributed by atoms with Crippen LogP contribution in [0.15, 0.2) is 24.5 Å². The normalized spacial score (nSPS) is 28.4. The summed E-state index contributed by atoms with van der Waals surface area (Å²) in [4.78, 5) is 18.8. The molecule has 114 valence electrons. The summed E-state index contributed by atoms with van der Waals surface area (Å²) < 4.78 is 0. The van der Waals surface area contributed by atoms with E-state index >= 15 is 0 Å². The summed E-state index contributed by atoms with van der Waals surface area (Å²) >= 11 is 1.72. The van der Waals surface area contributed by atoms with Gasteiger partial charge in [0.25, 0.3) is 0 Å². The summed E-state index contributed by atoms with van der Waals surface area (Å²) in [7, 11) is 0. The number of fused-ring (bicyclic) bond motifs is 1. The number of pyridine rings is 1. The molecule has 21 heavy (non-hydrogen) atoms. The molecular weight excluding hydrogens is 280 g/mol. The molecule has 3 rings (SSSR count). The third kappa shape index (κ3) is 3.42. The smallest absolute Gasteiger partial charge is 0.233 e. The SMILES string of the molecule is C[C@@H]1C[C@H]2CCCC[C@@H]2N1C(=O)CSCc1ccncc1. The molecule has 3 atom stereocenters. The van der Waals surface area contributed by atoms with Crippen LogP contribution in [-0.4, -0.2) is 33.6 Å². The van der Waals surface area contributed by atoms with Crippen molar-refractivity contribution in [1.29, 1.82) is 0 Å². The van der Waals surface area contributed by atoms with E-state index in [-0.39, 0.29) is 0 Å². The average molecular weight is 304 g/mol. The number of amides is 1. The molecule has 0 spiro atoms. The molecule has 1 aliphatic carbocycles. The van der Waals surface area contributed by atoms with Gasteiger partial charge in [0.15, 0.2) is 0 Å². The van der Waals surface area contributed by atoms with Gasteiger partial charge in [-0.3, -0.25) is 9.78 Å². The first-order valence-electron chi connectivity index (χ1n) is 8.03. The third-order valence-electron chi connectivity index (χ3n) is 4.88. The van der Waals surface area contributed by atoms with Crippen molar-refractivity contribution in [3.05, 3.63) is 30.1 Å². The predicted octanol–water partition coefficient (Wildman–Crippen LogP) is 3.49. The van der Waals surface area contributed by atoms with Crippen LogP contribution in [0.2, 0.25) is 0 Å². The third-order valence-corrected chi connectivity index (χ3v) is 5.87. The minimum atomic E-state index is 0.343. The predicted molar refractivity (Wildman–Crippen MR) is 87.1 cm³/mol. The molecule has 1 aromatic rings. The van der Waals surface area contributed by atoms with E-state index in [4.69, 9.17) is 0 Å². The van der Waals surface area contributed by atoms with Crippen molar-refractivity contribution in [2.75, 3.05) is 5.75 Å². The highest BCUT2D eigenvalue weighted by Gasteiger charge is 2.42. The summed E-state index contributed by atoms with van der Waals surface area (Å²) in [6.07, 6.45) is 10.0. The van der Waals surface area contributed by atoms with Crippen LogP contribution in [0.5, 0.6) is 0 Å². The number of thioether (sulfide) groups is 1. The zero-order chi connectivity index (χ0) is 14.7. The van der Waals surface area contributed by atoms with Gasteiger partial charge in [-0.25, -0.2) is 0 Å². The van der Waals surface area contributed by atoms with Crippen LogP contribution in [0.3, 0.4) is 0 Å². The lowest BCUT2D eigenvalue weighted by atomic mass is 9.85. The van der Waals surface area contributed by atoms with Gasteiger partial charge in [-0.2, -0.15) is 0 Å². The molecule has 2 heterocycles. The van der Waals surface area contributed by atoms with E-state index in [1.165, 1.54) is 37.7 Å². The Labute approximate surface area is 131 Å². The molecule has 1 saturated carbocycles. The molecule has 3 nitrogen and oxygen atoms in total. The first-order valence-corrected chi connectivity index (χ1v) is 9.19. The van der Waals surface area contributed by atoms with Gasteiger partial charge >= 0.3 is 0 Å². The Kier molecular flexibility index (Phi) is 4.84. The minimum Gasteiger partial charge on any atom is -0.336 e. The highest BCUT2D eigenvalue weighted by molar-refractivity contribution is 7.99. The number of aromatic nitrogens is 1. The van der Waals surface area contributed by atoms with Crippen molar-refractivity contribution >= 4 is 17.7 Å². The molecule has 4 heteroatoms. The molecule has 0 bridgehead atoms. The molecule has 2 fully saturated rings. The standard InChI is InChI=1S/C17H24N2OS/c1-13-10-15-4-2-3-5-16(15)19(13)17(20)12-21-11-14-6-8-18-9-7-14/h6-9,13,15-16H,2-5,10-12H2,1H3/t13-,15-,16+/m1/s1. The molecule has 0 N–H and O–H groups in total. The Morgan fingerprint density at radius 2 is 2.10 bits per heavy atom. The van der Waals surface area contributed by atoms with Crippen molar-refractivity contribution in [2.45, 2.75) is 56.9 Å². The fourth-order valence-corrected chi connectivity index (χ4v) is 4.80. The van der Waals surface area contributed by atoms with Crippen molar-refractivity contribution in [3.8, 4) is 0 Å². The summed E-state index contributed by atoms with van der Waals surface area (Å²) in [6, 6.07) is 5.01. The van der Waals surface area contributed by atoms with Crippen molar-refractivity contribution < 1.29 is 4.79 Å². The number of hydrogen-bond acceptors (Lipinski definition) is 3. The number of rotatable bonds is 4. The highest BCUT2D eigenvalue weighted by Crippen LogP contribution is 2.39. The summed E-state index contributed by atoms with van der Waals surface area (Å²) in [5, 5.41) is 0. The maximum absolute atomic E-state index is 12.6. The lowest BCUT2D eigenvalue weighted by Gasteiger charge is -2.33. The second-order valence-corrected chi connectivity index (χ2v) is 7.33. The Balaban J connectivity index is 1.52. The second kappa shape index (κ2) is 6.82. The topological polar surface area (TPSA) is 33.2 Å². The van der Waals surface area contributed by atoms with Gasteiger partial charge in [0, 0.05) is 30.2 Å². The van der Waals surface area contributed by atoms with Gasteiger partial charge < -0.3 is 4.90 Å². The van der Waals surface area contributed by atoms with Gasteiger partial charge in [-0.15, -0.1) is 11.8 Å². The maximum Gasteiger partial charge on any atom is 0.233 e. The van der Waals surface area contributed by atoms with Crippen molar-refractivity contribution in [1.82, 2.24) is 9.88 Å². The maximum atomic E-state index is 12.6. The van der Waals surface area contributed by atoms with Crippen LogP contribution < -0.4 is 0 Å². The van der Waals surface area contributed by atoms with Crippen LogP contribution in [0.1, 0.15) is 44.6 Å². The highest BCUT2D eigenvalue weighted by atomic mass is 32.2. The lowest BCUT2D eigenvalue weighted by Crippen LogP contribution is -2.43. The minimum absolute atomic E-state index is 0.343. The Hall–Kier alpha value is -1.03. The van der Waals surface area contributed by atoms with E-state index in [1.807, 2.05) is 24.5 Å². The number of hydrogen-bond donors (Lipinski definition) is 0. The molecule has 1 aliphatic heterocycles.